The fourth-order valence-electron chi connectivity index (χ4n) is 3.03. The lowest BCUT2D eigenvalue weighted by molar-refractivity contribution is -0.116. The molecule has 140 valence electrons. The number of benzene rings is 3. The second-order valence-electron chi connectivity index (χ2n) is 6.22. The molecular formula is C22H19N3O2S. The van der Waals surface area contributed by atoms with Gasteiger partial charge in [0.2, 0.25) is 5.91 Å². The molecule has 6 heteroatoms. The second-order valence-corrected chi connectivity index (χ2v) is 7.34. The maximum absolute atomic E-state index is 12.7. The van der Waals surface area contributed by atoms with E-state index in [0.29, 0.717) is 5.82 Å². The summed E-state index contributed by atoms with van der Waals surface area (Å²) in [7, 11) is 0. The lowest BCUT2D eigenvalue weighted by atomic mass is 10.3. The maximum Gasteiger partial charge on any atom is 0.244 e. The molecule has 1 heterocycles. The number of carbonyl (C=O) groups is 1. The van der Waals surface area contributed by atoms with Gasteiger partial charge >= 0.3 is 0 Å². The Balaban J connectivity index is 1.55. The largest absolute Gasteiger partial charge is 0.388 e. The van der Waals surface area contributed by atoms with E-state index in [0.717, 1.165) is 26.5 Å². The third kappa shape index (κ3) is 3.93. The normalized spacial score (nSPS) is 10.9. The molecular weight excluding hydrogens is 370 g/mol. The Kier molecular flexibility index (Phi) is 5.41. The quantitative estimate of drug-likeness (QED) is 0.515. The van der Waals surface area contributed by atoms with Crippen LogP contribution < -0.4 is 5.32 Å². The summed E-state index contributed by atoms with van der Waals surface area (Å²) in [6, 6.07) is 25.3. The van der Waals surface area contributed by atoms with Gasteiger partial charge in [-0.3, -0.25) is 4.79 Å². The Morgan fingerprint density at radius 1 is 0.964 bits per heavy atom. The third-order valence-electron chi connectivity index (χ3n) is 4.31. The summed E-state index contributed by atoms with van der Waals surface area (Å²) in [6.45, 7) is -0.136. The zero-order chi connectivity index (χ0) is 19.3. The average Bonchev–Trinajstić information content (AvgIpc) is 3.08. The van der Waals surface area contributed by atoms with Crippen molar-refractivity contribution < 1.29 is 9.90 Å². The second kappa shape index (κ2) is 8.29. The van der Waals surface area contributed by atoms with Gasteiger partial charge in [-0.2, -0.15) is 0 Å². The Morgan fingerprint density at radius 2 is 1.68 bits per heavy atom. The number of amides is 1. The Morgan fingerprint density at radius 3 is 2.50 bits per heavy atom. The first-order valence-corrected chi connectivity index (χ1v) is 9.73. The molecule has 0 radical (unpaired) electrons. The topological polar surface area (TPSA) is 67.2 Å². The molecule has 0 bridgehead atoms. The van der Waals surface area contributed by atoms with E-state index in [1.165, 1.54) is 0 Å². The predicted octanol–water partition coefficient (Wildman–Crippen LogP) is 4.32. The van der Waals surface area contributed by atoms with Gasteiger partial charge in [0.1, 0.15) is 19.0 Å². The molecule has 1 amide bonds. The van der Waals surface area contributed by atoms with Crippen LogP contribution in [0.1, 0.15) is 5.82 Å². The van der Waals surface area contributed by atoms with Gasteiger partial charge in [0.15, 0.2) is 0 Å². The van der Waals surface area contributed by atoms with Gasteiger partial charge in [0, 0.05) is 9.79 Å². The number of aromatic nitrogens is 2. The number of fused-ring (bicyclic) bond motifs is 1. The van der Waals surface area contributed by atoms with E-state index >= 15 is 0 Å². The van der Waals surface area contributed by atoms with Crippen LogP contribution in [0.2, 0.25) is 0 Å². The summed E-state index contributed by atoms with van der Waals surface area (Å²) >= 11 is 1.60. The van der Waals surface area contributed by atoms with Crippen molar-refractivity contribution in [1.29, 1.82) is 0 Å². The summed E-state index contributed by atoms with van der Waals surface area (Å²) in [5, 5.41) is 12.6. The number of hydrogen-bond acceptors (Lipinski definition) is 4. The van der Waals surface area contributed by atoms with Crippen LogP contribution >= 0.6 is 11.8 Å². The molecule has 0 spiro atoms. The number of aliphatic hydroxyl groups is 1. The highest BCUT2D eigenvalue weighted by molar-refractivity contribution is 7.99. The molecule has 28 heavy (non-hydrogen) atoms. The summed E-state index contributed by atoms with van der Waals surface area (Å²) in [5.74, 6) is 0.308. The zero-order valence-electron chi connectivity index (χ0n) is 15.1. The van der Waals surface area contributed by atoms with Crippen molar-refractivity contribution in [3.05, 3.63) is 84.7 Å². The third-order valence-corrected chi connectivity index (χ3v) is 5.39. The first kappa shape index (κ1) is 18.3. The number of carbonyl (C=O) groups excluding carboxylic acids is 1. The maximum atomic E-state index is 12.7. The van der Waals surface area contributed by atoms with E-state index in [1.54, 1.807) is 16.3 Å². The Hall–Kier alpha value is -3.09. The summed E-state index contributed by atoms with van der Waals surface area (Å²) in [4.78, 5) is 19.2. The minimum Gasteiger partial charge on any atom is -0.388 e. The van der Waals surface area contributed by atoms with E-state index < -0.39 is 0 Å². The number of anilines is 1. The van der Waals surface area contributed by atoms with Crippen molar-refractivity contribution in [2.24, 2.45) is 0 Å². The highest BCUT2D eigenvalue weighted by Crippen LogP contribution is 2.33. The molecule has 0 aliphatic heterocycles. The van der Waals surface area contributed by atoms with Crippen LogP contribution in [0.15, 0.2) is 88.7 Å². The number of nitrogens with one attached hydrogen (secondary N) is 1. The van der Waals surface area contributed by atoms with Gasteiger partial charge in [-0.05, 0) is 36.4 Å². The van der Waals surface area contributed by atoms with Crippen molar-refractivity contribution in [2.75, 3.05) is 5.32 Å². The zero-order valence-corrected chi connectivity index (χ0v) is 15.9. The number of aliphatic hydroxyl groups excluding tert-OH is 1. The highest BCUT2D eigenvalue weighted by atomic mass is 32.2. The lowest BCUT2D eigenvalue weighted by Gasteiger charge is -2.12. The lowest BCUT2D eigenvalue weighted by Crippen LogP contribution is -2.20. The number of rotatable bonds is 6. The fourth-order valence-corrected chi connectivity index (χ4v) is 3.95. The Bertz CT molecular complexity index is 1110. The molecule has 2 N–H and O–H groups in total. The van der Waals surface area contributed by atoms with Crippen molar-refractivity contribution in [3.8, 4) is 0 Å². The standard InChI is InChI=1S/C22H19N3O2S/c26-15-21-23-17-10-4-6-12-19(17)25(21)14-22(27)24-18-11-5-7-13-20(18)28-16-8-2-1-3-9-16/h1-13,26H,14-15H2,(H,24,27). The van der Waals surface area contributed by atoms with Crippen LogP contribution in [-0.4, -0.2) is 20.6 Å². The minimum absolute atomic E-state index is 0.0841. The number of para-hydroxylation sites is 3. The van der Waals surface area contributed by atoms with Gasteiger partial charge < -0.3 is 15.0 Å². The van der Waals surface area contributed by atoms with E-state index in [-0.39, 0.29) is 19.1 Å². The first-order valence-electron chi connectivity index (χ1n) is 8.91. The van der Waals surface area contributed by atoms with Gasteiger partial charge in [-0.15, -0.1) is 0 Å². The van der Waals surface area contributed by atoms with Crippen molar-refractivity contribution in [1.82, 2.24) is 9.55 Å². The van der Waals surface area contributed by atoms with Crippen molar-refractivity contribution in [2.45, 2.75) is 22.9 Å². The molecule has 4 aromatic rings. The molecule has 0 saturated heterocycles. The molecule has 1 aromatic heterocycles. The minimum atomic E-state index is -0.220. The van der Waals surface area contributed by atoms with Crippen LogP contribution in [0.4, 0.5) is 5.69 Å². The predicted molar refractivity (Wildman–Crippen MR) is 111 cm³/mol. The van der Waals surface area contributed by atoms with E-state index in [1.807, 2.05) is 78.9 Å². The summed E-state index contributed by atoms with van der Waals surface area (Å²) in [5.41, 5.74) is 2.35. The van der Waals surface area contributed by atoms with Gasteiger partial charge in [0.25, 0.3) is 0 Å². The monoisotopic (exact) mass is 389 g/mol. The fraction of sp³-hybridized carbons (Fsp3) is 0.0909. The molecule has 0 unspecified atom stereocenters. The van der Waals surface area contributed by atoms with Crippen molar-refractivity contribution in [3.63, 3.8) is 0 Å². The number of nitrogens with zero attached hydrogens (tertiary/aromatic N) is 2. The average molecular weight is 389 g/mol. The summed E-state index contributed by atoms with van der Waals surface area (Å²) in [6.07, 6.45) is 0. The van der Waals surface area contributed by atoms with E-state index in [9.17, 15) is 9.90 Å². The van der Waals surface area contributed by atoms with Crippen LogP contribution in [0.5, 0.6) is 0 Å². The molecule has 3 aromatic carbocycles. The van der Waals surface area contributed by atoms with Crippen LogP contribution in [0.3, 0.4) is 0 Å². The van der Waals surface area contributed by atoms with Crippen molar-refractivity contribution >= 4 is 34.4 Å². The van der Waals surface area contributed by atoms with Crippen LogP contribution in [0.25, 0.3) is 11.0 Å². The molecule has 0 atom stereocenters. The molecule has 0 fully saturated rings. The highest BCUT2D eigenvalue weighted by Gasteiger charge is 2.14. The van der Waals surface area contributed by atoms with E-state index in [4.69, 9.17) is 0 Å². The Labute approximate surface area is 167 Å². The van der Waals surface area contributed by atoms with E-state index in [2.05, 4.69) is 10.3 Å². The SMILES string of the molecule is O=C(Cn1c(CO)nc2ccccc21)Nc1ccccc1Sc1ccccc1. The van der Waals surface area contributed by atoms with Crippen LogP contribution in [0, 0.1) is 0 Å². The van der Waals surface area contributed by atoms with Gasteiger partial charge in [-0.1, -0.05) is 54.2 Å². The smallest absolute Gasteiger partial charge is 0.244 e. The number of imidazole rings is 1. The molecule has 0 aliphatic rings. The van der Waals surface area contributed by atoms with Crippen LogP contribution in [-0.2, 0) is 17.9 Å². The molecule has 0 aliphatic carbocycles. The molecule has 4 rings (SSSR count). The number of hydrogen-bond donors (Lipinski definition) is 2. The van der Waals surface area contributed by atoms with Gasteiger partial charge in [-0.25, -0.2) is 4.98 Å². The summed E-state index contributed by atoms with van der Waals surface area (Å²) < 4.78 is 1.75. The van der Waals surface area contributed by atoms with Gasteiger partial charge in [0.05, 0.1) is 16.7 Å². The molecule has 0 saturated carbocycles. The first-order chi connectivity index (χ1) is 13.7. The molecule has 5 nitrogen and oxygen atoms in total.